The monoisotopic (exact) mass is 327 g/mol. The Morgan fingerprint density at radius 1 is 1.32 bits per heavy atom. The molecule has 6 heteroatoms. The van der Waals surface area contributed by atoms with Gasteiger partial charge in [-0.2, -0.15) is 0 Å². The van der Waals surface area contributed by atoms with Gasteiger partial charge in [-0.15, -0.1) is 5.06 Å². The lowest BCUT2D eigenvalue weighted by Crippen LogP contribution is -2.43. The highest BCUT2D eigenvalue weighted by molar-refractivity contribution is 6.30. The fourth-order valence-electron chi connectivity index (χ4n) is 2.46. The molecule has 1 N–H and O–H groups in total. The largest absolute Gasteiger partial charge is 0.528 e. The number of hydrogen-bond donors (Lipinski definition) is 1. The van der Waals surface area contributed by atoms with Crippen LogP contribution >= 0.6 is 11.6 Å². The Kier molecular flexibility index (Phi) is 5.32. The van der Waals surface area contributed by atoms with Crippen LogP contribution in [0, 0.1) is 0 Å². The Labute approximate surface area is 135 Å². The number of carbonyl (C=O) groups excluding carboxylic acids is 1. The van der Waals surface area contributed by atoms with E-state index in [1.165, 1.54) is 5.06 Å². The minimum atomic E-state index is -0.763. The summed E-state index contributed by atoms with van der Waals surface area (Å²) in [5.41, 5.74) is 0.224. The summed E-state index contributed by atoms with van der Waals surface area (Å²) in [6, 6.07) is 6.74. The van der Waals surface area contributed by atoms with E-state index in [1.54, 1.807) is 32.9 Å². The van der Waals surface area contributed by atoms with Crippen LogP contribution in [0.3, 0.4) is 0 Å². The zero-order valence-electron chi connectivity index (χ0n) is 13.1. The lowest BCUT2D eigenvalue weighted by molar-refractivity contribution is -0.200. The molecule has 1 aliphatic heterocycles. The molecule has 1 fully saturated rings. The summed E-state index contributed by atoms with van der Waals surface area (Å²) in [6.07, 6.45) is 0.0214. The molecule has 1 heterocycles. The summed E-state index contributed by atoms with van der Waals surface area (Å²) >= 11 is 5.90. The number of rotatable bonds is 2. The van der Waals surface area contributed by atoms with Crippen LogP contribution in [-0.2, 0) is 9.57 Å². The van der Waals surface area contributed by atoms with E-state index < -0.39 is 23.9 Å². The summed E-state index contributed by atoms with van der Waals surface area (Å²) < 4.78 is 5.17. The van der Waals surface area contributed by atoms with E-state index in [4.69, 9.17) is 21.2 Å². The van der Waals surface area contributed by atoms with Gasteiger partial charge in [0.2, 0.25) is 0 Å². The molecule has 2 atom stereocenters. The van der Waals surface area contributed by atoms with E-state index in [0.29, 0.717) is 18.0 Å². The predicted molar refractivity (Wildman–Crippen MR) is 83.5 cm³/mol. The molecule has 122 valence electrons. The van der Waals surface area contributed by atoms with Gasteiger partial charge in [-0.3, -0.25) is 0 Å². The van der Waals surface area contributed by atoms with Crippen LogP contribution in [-0.4, -0.2) is 34.6 Å². The smallest absolute Gasteiger partial charge is 0.427 e. The highest BCUT2D eigenvalue weighted by Gasteiger charge is 2.35. The van der Waals surface area contributed by atoms with Crippen molar-refractivity contribution < 1.29 is 19.5 Å². The van der Waals surface area contributed by atoms with Crippen LogP contribution in [0.15, 0.2) is 24.3 Å². The molecule has 2 rings (SSSR count). The summed E-state index contributed by atoms with van der Waals surface area (Å²) in [5, 5.41) is 12.4. The molecule has 0 spiro atoms. The molecular weight excluding hydrogens is 306 g/mol. The Morgan fingerprint density at radius 2 is 1.95 bits per heavy atom. The van der Waals surface area contributed by atoms with Crippen molar-refractivity contribution in [3.05, 3.63) is 34.9 Å². The number of aliphatic hydroxyl groups excluding tert-OH is 1. The van der Waals surface area contributed by atoms with Gasteiger partial charge in [-0.25, -0.2) is 4.79 Å². The van der Waals surface area contributed by atoms with Crippen LogP contribution in [0.4, 0.5) is 4.79 Å². The second-order valence-electron chi connectivity index (χ2n) is 6.40. The molecule has 5 nitrogen and oxygen atoms in total. The highest BCUT2D eigenvalue weighted by atomic mass is 35.5. The average molecular weight is 328 g/mol. The van der Waals surface area contributed by atoms with Crippen molar-refractivity contribution in [2.45, 2.75) is 51.4 Å². The lowest BCUT2D eigenvalue weighted by atomic mass is 9.94. The highest BCUT2D eigenvalue weighted by Crippen LogP contribution is 2.32. The zero-order valence-corrected chi connectivity index (χ0v) is 13.8. The van der Waals surface area contributed by atoms with Gasteiger partial charge in [0.15, 0.2) is 0 Å². The Balaban J connectivity index is 2.13. The summed E-state index contributed by atoms with van der Waals surface area (Å²) in [4.78, 5) is 17.2. The second-order valence-corrected chi connectivity index (χ2v) is 6.84. The molecule has 1 aliphatic rings. The number of carbonyl (C=O) groups is 1. The molecule has 2 unspecified atom stereocenters. The Morgan fingerprint density at radius 3 is 2.55 bits per heavy atom. The molecule has 1 saturated heterocycles. The maximum absolute atomic E-state index is 11.9. The van der Waals surface area contributed by atoms with Crippen molar-refractivity contribution in [3.8, 4) is 0 Å². The zero-order chi connectivity index (χ0) is 16.3. The first kappa shape index (κ1) is 17.1. The number of benzene rings is 1. The molecule has 1 aromatic rings. The number of aliphatic hydroxyl groups is 1. The first-order valence-electron chi connectivity index (χ1n) is 7.37. The SMILES string of the molecule is CC(C)(C)OC(=O)ON1CCCC(O)C1c1ccc(Cl)cc1. The van der Waals surface area contributed by atoms with Crippen molar-refractivity contribution in [2.24, 2.45) is 0 Å². The van der Waals surface area contributed by atoms with Crippen LogP contribution in [0.25, 0.3) is 0 Å². The van der Waals surface area contributed by atoms with Gasteiger partial charge in [0.25, 0.3) is 0 Å². The van der Waals surface area contributed by atoms with E-state index in [2.05, 4.69) is 0 Å². The van der Waals surface area contributed by atoms with Crippen molar-refractivity contribution in [1.29, 1.82) is 0 Å². The van der Waals surface area contributed by atoms with Crippen LogP contribution in [0.2, 0.25) is 5.02 Å². The Hall–Kier alpha value is -1.30. The minimum Gasteiger partial charge on any atom is -0.427 e. The molecule has 0 bridgehead atoms. The quantitative estimate of drug-likeness (QED) is 0.839. The fourth-order valence-corrected chi connectivity index (χ4v) is 2.59. The maximum Gasteiger partial charge on any atom is 0.528 e. The van der Waals surface area contributed by atoms with Crippen molar-refractivity contribution in [2.75, 3.05) is 6.54 Å². The molecule has 0 radical (unpaired) electrons. The third-order valence-corrected chi connectivity index (χ3v) is 3.60. The summed E-state index contributed by atoms with van der Waals surface area (Å²) in [5.74, 6) is 0. The first-order valence-corrected chi connectivity index (χ1v) is 7.75. The first-order chi connectivity index (χ1) is 10.3. The predicted octanol–water partition coefficient (Wildman–Crippen LogP) is 3.70. The van der Waals surface area contributed by atoms with E-state index in [1.807, 2.05) is 12.1 Å². The minimum absolute atomic E-state index is 0.418. The van der Waals surface area contributed by atoms with Crippen LogP contribution < -0.4 is 0 Å². The van der Waals surface area contributed by atoms with Gasteiger partial charge in [-0.05, 0) is 51.3 Å². The van der Waals surface area contributed by atoms with Crippen LogP contribution in [0.1, 0.15) is 45.2 Å². The number of ether oxygens (including phenoxy) is 1. The normalized spacial score (nSPS) is 23.1. The van der Waals surface area contributed by atoms with Crippen molar-refractivity contribution in [1.82, 2.24) is 5.06 Å². The molecule has 0 aliphatic carbocycles. The van der Waals surface area contributed by atoms with E-state index >= 15 is 0 Å². The molecule has 1 aromatic carbocycles. The van der Waals surface area contributed by atoms with Crippen molar-refractivity contribution >= 4 is 17.8 Å². The van der Waals surface area contributed by atoms with Gasteiger partial charge in [-0.1, -0.05) is 23.7 Å². The van der Waals surface area contributed by atoms with Gasteiger partial charge in [0, 0.05) is 11.6 Å². The molecule has 0 saturated carbocycles. The van der Waals surface area contributed by atoms with Gasteiger partial charge in [0.1, 0.15) is 5.60 Å². The van der Waals surface area contributed by atoms with E-state index in [-0.39, 0.29) is 0 Å². The van der Waals surface area contributed by atoms with E-state index in [0.717, 1.165) is 12.0 Å². The van der Waals surface area contributed by atoms with E-state index in [9.17, 15) is 9.90 Å². The molecule has 0 amide bonds. The number of hydroxylamine groups is 2. The fraction of sp³-hybridized carbons (Fsp3) is 0.562. The molecule has 0 aromatic heterocycles. The van der Waals surface area contributed by atoms with Gasteiger partial charge >= 0.3 is 6.16 Å². The summed E-state index contributed by atoms with van der Waals surface area (Å²) in [6.45, 7) is 5.87. The third kappa shape index (κ3) is 4.60. The second kappa shape index (κ2) is 6.86. The maximum atomic E-state index is 11.9. The standard InChI is InChI=1S/C16H22ClNO4/c1-16(2,3)21-15(20)22-18-10-4-5-13(19)14(18)11-6-8-12(17)9-7-11/h6-9,13-14,19H,4-5,10H2,1-3H3. The Bertz CT molecular complexity index is 512. The average Bonchev–Trinajstić information content (AvgIpc) is 2.38. The van der Waals surface area contributed by atoms with Gasteiger partial charge in [0.05, 0.1) is 12.1 Å². The lowest BCUT2D eigenvalue weighted by Gasteiger charge is -2.37. The number of halogens is 1. The molecule has 22 heavy (non-hydrogen) atoms. The number of hydrogen-bond acceptors (Lipinski definition) is 5. The third-order valence-electron chi connectivity index (χ3n) is 3.35. The van der Waals surface area contributed by atoms with Crippen molar-refractivity contribution in [3.63, 3.8) is 0 Å². The topological polar surface area (TPSA) is 59.0 Å². The van der Waals surface area contributed by atoms with Gasteiger partial charge < -0.3 is 14.7 Å². The molecular formula is C16H22ClNO4. The number of nitrogens with zero attached hydrogens (tertiary/aromatic N) is 1. The number of piperidine rings is 1. The summed E-state index contributed by atoms with van der Waals surface area (Å²) in [7, 11) is 0. The van der Waals surface area contributed by atoms with Crippen LogP contribution in [0.5, 0.6) is 0 Å².